The summed E-state index contributed by atoms with van der Waals surface area (Å²) in [6.45, 7) is 0. The van der Waals surface area contributed by atoms with Crippen LogP contribution in [0.15, 0.2) is 66.9 Å². The lowest BCUT2D eigenvalue weighted by atomic mass is 10.1. The van der Waals surface area contributed by atoms with Crippen molar-refractivity contribution in [1.29, 1.82) is 0 Å². The third kappa shape index (κ3) is 2.02. The number of benzene rings is 2. The fourth-order valence-corrected chi connectivity index (χ4v) is 1.82. The molecule has 2 aromatic carbocycles. The summed E-state index contributed by atoms with van der Waals surface area (Å²) >= 11 is 0. The van der Waals surface area contributed by atoms with Crippen LogP contribution in [0.5, 0.6) is 0 Å². The Morgan fingerprint density at radius 1 is 0.833 bits per heavy atom. The molecule has 0 bridgehead atoms. The van der Waals surface area contributed by atoms with Crippen molar-refractivity contribution in [3.63, 3.8) is 0 Å². The first kappa shape index (κ1) is 10.7. The first-order chi connectivity index (χ1) is 8.83. The Morgan fingerprint density at radius 2 is 1.56 bits per heavy atom. The molecule has 3 aromatic rings. The molecule has 0 saturated heterocycles. The van der Waals surface area contributed by atoms with E-state index in [0.717, 1.165) is 16.9 Å². The van der Waals surface area contributed by atoms with Gasteiger partial charge in [0.05, 0.1) is 11.4 Å². The maximum atomic E-state index is 12.8. The molecule has 2 nitrogen and oxygen atoms in total. The van der Waals surface area contributed by atoms with E-state index in [1.165, 1.54) is 12.1 Å². The Morgan fingerprint density at radius 3 is 2.28 bits per heavy atom. The Hall–Kier alpha value is -2.42. The first-order valence-electron chi connectivity index (χ1n) is 5.70. The van der Waals surface area contributed by atoms with E-state index < -0.39 is 0 Å². The fraction of sp³-hybridized carbons (Fsp3) is 0. The van der Waals surface area contributed by atoms with E-state index >= 15 is 0 Å². The monoisotopic (exact) mass is 238 g/mol. The van der Waals surface area contributed by atoms with Crippen molar-refractivity contribution in [2.75, 3.05) is 0 Å². The zero-order valence-electron chi connectivity index (χ0n) is 9.62. The van der Waals surface area contributed by atoms with Crippen molar-refractivity contribution in [3.05, 3.63) is 72.7 Å². The number of hydrogen-bond acceptors (Lipinski definition) is 1. The van der Waals surface area contributed by atoms with Crippen molar-refractivity contribution in [1.82, 2.24) is 9.78 Å². The van der Waals surface area contributed by atoms with E-state index in [4.69, 9.17) is 0 Å². The molecule has 0 saturated carbocycles. The summed E-state index contributed by atoms with van der Waals surface area (Å²) in [5, 5.41) is 4.47. The molecule has 3 heteroatoms. The molecule has 0 spiro atoms. The first-order valence-corrected chi connectivity index (χ1v) is 5.70. The summed E-state index contributed by atoms with van der Waals surface area (Å²) in [6.07, 6.45) is 1.90. The highest BCUT2D eigenvalue weighted by atomic mass is 19.1. The number of halogens is 1. The van der Waals surface area contributed by atoms with Crippen molar-refractivity contribution >= 4 is 0 Å². The molecule has 0 amide bonds. The molecular weight excluding hydrogens is 227 g/mol. The van der Waals surface area contributed by atoms with Crippen LogP contribution in [0.1, 0.15) is 0 Å². The third-order valence-corrected chi connectivity index (χ3v) is 2.75. The molecule has 0 aliphatic carbocycles. The predicted octanol–water partition coefficient (Wildman–Crippen LogP) is 3.68. The van der Waals surface area contributed by atoms with E-state index in [1.54, 1.807) is 16.8 Å². The average Bonchev–Trinajstić information content (AvgIpc) is 2.90. The van der Waals surface area contributed by atoms with E-state index in [0.29, 0.717) is 0 Å². The number of nitrogens with zero attached hydrogens (tertiary/aromatic N) is 2. The van der Waals surface area contributed by atoms with Gasteiger partial charge in [0, 0.05) is 11.8 Å². The summed E-state index contributed by atoms with van der Waals surface area (Å²) in [7, 11) is 0. The van der Waals surface area contributed by atoms with Crippen LogP contribution in [0.25, 0.3) is 16.9 Å². The van der Waals surface area contributed by atoms with Gasteiger partial charge in [0.1, 0.15) is 5.82 Å². The Kier molecular flexibility index (Phi) is 2.65. The highest BCUT2D eigenvalue weighted by Crippen LogP contribution is 2.18. The second kappa shape index (κ2) is 4.45. The molecule has 18 heavy (non-hydrogen) atoms. The normalized spacial score (nSPS) is 10.5. The van der Waals surface area contributed by atoms with Crippen molar-refractivity contribution in [2.24, 2.45) is 0 Å². The van der Waals surface area contributed by atoms with Gasteiger partial charge in [-0.15, -0.1) is 0 Å². The van der Waals surface area contributed by atoms with Gasteiger partial charge in [-0.3, -0.25) is 0 Å². The molecule has 88 valence electrons. The smallest absolute Gasteiger partial charge is 0.123 e. The molecular formula is C15H11FN2. The second-order valence-electron chi connectivity index (χ2n) is 3.99. The van der Waals surface area contributed by atoms with Crippen LogP contribution in [0.4, 0.5) is 4.39 Å². The standard InChI is InChI=1S/C15H11FN2/c16-13-8-6-12(7-9-13)15-10-11-18(17-15)14-4-2-1-3-5-14/h1-11H. The van der Waals surface area contributed by atoms with Crippen LogP contribution in [0.2, 0.25) is 0 Å². The maximum Gasteiger partial charge on any atom is 0.123 e. The Labute approximate surface area is 104 Å². The number of hydrogen-bond donors (Lipinski definition) is 0. The highest BCUT2D eigenvalue weighted by Gasteiger charge is 2.03. The highest BCUT2D eigenvalue weighted by molar-refractivity contribution is 5.58. The van der Waals surface area contributed by atoms with Crippen LogP contribution in [-0.2, 0) is 0 Å². The van der Waals surface area contributed by atoms with Gasteiger partial charge < -0.3 is 0 Å². The molecule has 1 heterocycles. The third-order valence-electron chi connectivity index (χ3n) is 2.75. The molecule has 0 aliphatic rings. The van der Waals surface area contributed by atoms with E-state index in [2.05, 4.69) is 5.10 Å². The van der Waals surface area contributed by atoms with E-state index in [1.807, 2.05) is 42.6 Å². The topological polar surface area (TPSA) is 17.8 Å². The lowest BCUT2D eigenvalue weighted by Gasteiger charge is -2.00. The van der Waals surface area contributed by atoms with Crippen molar-refractivity contribution in [2.45, 2.75) is 0 Å². The van der Waals surface area contributed by atoms with Gasteiger partial charge in [-0.1, -0.05) is 18.2 Å². The Balaban J connectivity index is 1.97. The van der Waals surface area contributed by atoms with E-state index in [-0.39, 0.29) is 5.82 Å². The quantitative estimate of drug-likeness (QED) is 0.666. The summed E-state index contributed by atoms with van der Waals surface area (Å²) in [4.78, 5) is 0. The second-order valence-corrected chi connectivity index (χ2v) is 3.99. The molecule has 0 fully saturated rings. The molecule has 0 aliphatic heterocycles. The molecule has 0 radical (unpaired) electrons. The molecule has 0 unspecified atom stereocenters. The van der Waals surface area contributed by atoms with Gasteiger partial charge in [-0.05, 0) is 42.5 Å². The fourth-order valence-electron chi connectivity index (χ4n) is 1.82. The van der Waals surface area contributed by atoms with Gasteiger partial charge in [0.15, 0.2) is 0 Å². The minimum absolute atomic E-state index is 0.235. The zero-order valence-corrected chi connectivity index (χ0v) is 9.62. The van der Waals surface area contributed by atoms with Crippen molar-refractivity contribution < 1.29 is 4.39 Å². The summed E-state index contributed by atoms with van der Waals surface area (Å²) in [6, 6.07) is 18.1. The van der Waals surface area contributed by atoms with Gasteiger partial charge >= 0.3 is 0 Å². The SMILES string of the molecule is Fc1ccc(-c2ccn(-c3ccccc3)n2)cc1. The number of aromatic nitrogens is 2. The van der Waals surface area contributed by atoms with Gasteiger partial charge in [-0.25, -0.2) is 9.07 Å². The zero-order chi connectivity index (χ0) is 12.4. The van der Waals surface area contributed by atoms with Crippen LogP contribution in [0, 0.1) is 5.82 Å². The molecule has 0 atom stereocenters. The molecule has 1 aromatic heterocycles. The molecule has 0 N–H and O–H groups in total. The average molecular weight is 238 g/mol. The van der Waals surface area contributed by atoms with Crippen LogP contribution < -0.4 is 0 Å². The van der Waals surface area contributed by atoms with Crippen molar-refractivity contribution in [3.8, 4) is 16.9 Å². The van der Waals surface area contributed by atoms with Gasteiger partial charge in [0.2, 0.25) is 0 Å². The largest absolute Gasteiger partial charge is 0.240 e. The molecule has 3 rings (SSSR count). The predicted molar refractivity (Wildman–Crippen MR) is 69.0 cm³/mol. The van der Waals surface area contributed by atoms with Gasteiger partial charge in [-0.2, -0.15) is 5.10 Å². The lowest BCUT2D eigenvalue weighted by molar-refractivity contribution is 0.628. The Bertz CT molecular complexity index is 642. The summed E-state index contributed by atoms with van der Waals surface area (Å²) in [5.74, 6) is -0.235. The number of para-hydroxylation sites is 1. The van der Waals surface area contributed by atoms with Crippen LogP contribution in [0.3, 0.4) is 0 Å². The maximum absolute atomic E-state index is 12.8. The van der Waals surface area contributed by atoms with E-state index in [9.17, 15) is 4.39 Å². The lowest BCUT2D eigenvalue weighted by Crippen LogP contribution is -1.94. The van der Waals surface area contributed by atoms with Gasteiger partial charge in [0.25, 0.3) is 0 Å². The van der Waals surface area contributed by atoms with Crippen LogP contribution in [-0.4, -0.2) is 9.78 Å². The summed E-state index contributed by atoms with van der Waals surface area (Å²) in [5.41, 5.74) is 2.75. The summed E-state index contributed by atoms with van der Waals surface area (Å²) < 4.78 is 14.7. The minimum atomic E-state index is -0.235. The number of rotatable bonds is 2. The minimum Gasteiger partial charge on any atom is -0.240 e. The van der Waals surface area contributed by atoms with Crippen LogP contribution >= 0.6 is 0 Å².